The summed E-state index contributed by atoms with van der Waals surface area (Å²) < 4.78 is 128. The Morgan fingerprint density at radius 2 is 1.36 bits per heavy atom. The normalized spacial score (nSPS) is 13.6. The third kappa shape index (κ3) is 8.09. The van der Waals surface area contributed by atoms with Gasteiger partial charge in [0.15, 0.2) is 0 Å². The van der Waals surface area contributed by atoms with E-state index in [1.54, 1.807) is 19.9 Å². The van der Waals surface area contributed by atoms with Crippen LogP contribution in [0.5, 0.6) is 5.88 Å². The van der Waals surface area contributed by atoms with E-state index in [0.717, 1.165) is 25.1 Å². The van der Waals surface area contributed by atoms with Crippen molar-refractivity contribution in [1.82, 2.24) is 4.98 Å². The molecule has 0 aliphatic heterocycles. The molecule has 0 aliphatic rings. The lowest BCUT2D eigenvalue weighted by atomic mass is 9.86. The van der Waals surface area contributed by atoms with Gasteiger partial charge in [0.2, 0.25) is 5.88 Å². The molecule has 0 fully saturated rings. The van der Waals surface area contributed by atoms with E-state index in [2.05, 4.69) is 4.98 Å². The number of hydrogen-bond acceptors (Lipinski definition) is 5. The molecular weight excluding hydrogens is 683 g/mol. The number of benzene rings is 3. The number of aliphatic hydroxyl groups is 1. The van der Waals surface area contributed by atoms with Crippen LogP contribution in [0.15, 0.2) is 60.8 Å². The number of hydrogen-bond donors (Lipinski definition) is 3. The molecule has 0 bridgehead atoms. The summed E-state index contributed by atoms with van der Waals surface area (Å²) in [6, 6.07) is 7.62. The van der Waals surface area contributed by atoms with Crippen molar-refractivity contribution in [3.63, 3.8) is 0 Å². The Balaban J connectivity index is 1.82. The first-order valence-corrected chi connectivity index (χ1v) is 14.7. The molecule has 266 valence electrons. The van der Waals surface area contributed by atoms with Gasteiger partial charge in [0.05, 0.1) is 35.5 Å². The van der Waals surface area contributed by atoms with Crippen molar-refractivity contribution in [3.8, 4) is 28.1 Å². The maximum absolute atomic E-state index is 13.9. The van der Waals surface area contributed by atoms with Crippen molar-refractivity contribution >= 4 is 11.7 Å². The number of nitrogens with one attached hydrogen (secondary N) is 1. The zero-order valence-corrected chi connectivity index (χ0v) is 26.7. The molecule has 1 heterocycles. The first kappa shape index (κ1) is 37.9. The maximum atomic E-state index is 13.9. The molecule has 3 aromatic carbocycles. The summed E-state index contributed by atoms with van der Waals surface area (Å²) in [6.07, 6.45) is -16.5. The van der Waals surface area contributed by atoms with Gasteiger partial charge < -0.3 is 20.4 Å². The average Bonchev–Trinajstić information content (AvgIpc) is 3.02. The molecule has 0 spiro atoms. The van der Waals surface area contributed by atoms with Gasteiger partial charge in [-0.05, 0) is 95.8 Å². The van der Waals surface area contributed by atoms with E-state index in [1.807, 2.05) is 0 Å². The van der Waals surface area contributed by atoms with E-state index < -0.39 is 70.9 Å². The molecule has 6 nitrogen and oxygen atoms in total. The van der Waals surface area contributed by atoms with Crippen LogP contribution in [0.3, 0.4) is 0 Å². The number of alkyl halides is 9. The fourth-order valence-electron chi connectivity index (χ4n) is 5.66. The fraction of sp³-hybridized carbons (Fsp3) is 0.286. The molecule has 0 radical (unpaired) electrons. The van der Waals surface area contributed by atoms with Crippen LogP contribution in [-0.4, -0.2) is 34.0 Å². The highest BCUT2D eigenvalue weighted by atomic mass is 19.4. The van der Waals surface area contributed by atoms with Gasteiger partial charge in [0.25, 0.3) is 0 Å². The lowest BCUT2D eigenvalue weighted by Crippen LogP contribution is -2.22. The van der Waals surface area contributed by atoms with Crippen molar-refractivity contribution < 1.29 is 59.3 Å². The van der Waals surface area contributed by atoms with Gasteiger partial charge in [-0.15, -0.1) is 0 Å². The van der Waals surface area contributed by atoms with Crippen LogP contribution in [0.1, 0.15) is 62.3 Å². The van der Waals surface area contributed by atoms with Gasteiger partial charge in [-0.3, -0.25) is 0 Å². The number of rotatable bonds is 9. The predicted molar refractivity (Wildman–Crippen MR) is 165 cm³/mol. The highest BCUT2D eigenvalue weighted by molar-refractivity contribution is 5.91. The van der Waals surface area contributed by atoms with Crippen molar-refractivity contribution in [1.29, 1.82) is 5.41 Å². The molecule has 15 heteroatoms. The van der Waals surface area contributed by atoms with Gasteiger partial charge in [-0.25, -0.2) is 9.78 Å². The van der Waals surface area contributed by atoms with E-state index in [0.29, 0.717) is 34.4 Å². The number of carbonyl (C=O) groups is 1. The number of aryl methyl sites for hydroxylation is 2. The number of pyridine rings is 1. The molecule has 2 unspecified atom stereocenters. The first-order valence-electron chi connectivity index (χ1n) is 14.7. The van der Waals surface area contributed by atoms with Gasteiger partial charge in [-0.1, -0.05) is 13.0 Å². The number of methoxy groups -OCH3 is 1. The number of aromatic nitrogens is 1. The second kappa shape index (κ2) is 13.8. The summed E-state index contributed by atoms with van der Waals surface area (Å²) in [5.74, 6) is -2.64. The first-order chi connectivity index (χ1) is 23.0. The minimum Gasteiger partial charge on any atom is -0.481 e. The van der Waals surface area contributed by atoms with E-state index in [1.165, 1.54) is 25.4 Å². The number of aromatic carboxylic acids is 1. The quantitative estimate of drug-likeness (QED) is 0.118. The third-order valence-electron chi connectivity index (χ3n) is 8.19. The minimum atomic E-state index is -5.20. The van der Waals surface area contributed by atoms with Gasteiger partial charge in [0, 0.05) is 35.4 Å². The average molecular weight is 713 g/mol. The Morgan fingerprint density at radius 3 is 1.84 bits per heavy atom. The van der Waals surface area contributed by atoms with Crippen molar-refractivity contribution in [3.05, 3.63) is 105 Å². The Labute approximate surface area is 279 Å². The zero-order valence-electron chi connectivity index (χ0n) is 26.7. The van der Waals surface area contributed by atoms with Gasteiger partial charge >= 0.3 is 24.5 Å². The molecule has 3 N–H and O–H groups in total. The summed E-state index contributed by atoms with van der Waals surface area (Å²) >= 11 is 0. The number of halogens is 9. The molecule has 0 aliphatic carbocycles. The fourth-order valence-corrected chi connectivity index (χ4v) is 5.66. The summed E-state index contributed by atoms with van der Waals surface area (Å²) in [5.41, 5.74) is -3.42. The Hall–Kier alpha value is -4.92. The molecule has 2 atom stereocenters. The van der Waals surface area contributed by atoms with E-state index in [-0.39, 0.29) is 34.2 Å². The van der Waals surface area contributed by atoms with E-state index >= 15 is 0 Å². The highest BCUT2D eigenvalue weighted by Gasteiger charge is 2.38. The molecule has 4 rings (SSSR count). The summed E-state index contributed by atoms with van der Waals surface area (Å²) in [5, 5.41) is 29.0. The van der Waals surface area contributed by atoms with Crippen LogP contribution in [-0.2, 0) is 24.9 Å². The van der Waals surface area contributed by atoms with Crippen LogP contribution >= 0.6 is 0 Å². The molecule has 1 aromatic heterocycles. The Morgan fingerprint density at radius 1 is 0.820 bits per heavy atom. The van der Waals surface area contributed by atoms with Crippen molar-refractivity contribution in [2.75, 3.05) is 7.11 Å². The van der Waals surface area contributed by atoms with Crippen LogP contribution in [0.2, 0.25) is 0 Å². The number of aliphatic hydroxyl groups excluding tert-OH is 1. The number of carboxylic acids is 1. The molecule has 50 heavy (non-hydrogen) atoms. The van der Waals surface area contributed by atoms with Gasteiger partial charge in [-0.2, -0.15) is 39.5 Å². The Bertz CT molecular complexity index is 1900. The molecule has 0 amide bonds. The van der Waals surface area contributed by atoms with Crippen LogP contribution in [0.4, 0.5) is 39.5 Å². The maximum Gasteiger partial charge on any atom is 0.416 e. The largest absolute Gasteiger partial charge is 0.481 e. The lowest BCUT2D eigenvalue weighted by Gasteiger charge is -2.24. The monoisotopic (exact) mass is 712 g/mol. The van der Waals surface area contributed by atoms with Crippen molar-refractivity contribution in [2.45, 2.75) is 51.8 Å². The van der Waals surface area contributed by atoms with Gasteiger partial charge in [0.1, 0.15) is 0 Å². The Kier molecular flexibility index (Phi) is 10.4. The van der Waals surface area contributed by atoms with Crippen molar-refractivity contribution in [2.24, 2.45) is 5.92 Å². The zero-order chi connectivity index (χ0) is 37.5. The third-order valence-corrected chi connectivity index (χ3v) is 8.19. The predicted octanol–water partition coefficient (Wildman–Crippen LogP) is 9.73. The molecule has 0 saturated heterocycles. The highest BCUT2D eigenvalue weighted by Crippen LogP contribution is 2.41. The minimum absolute atomic E-state index is 0.0320. The van der Waals surface area contributed by atoms with Crippen LogP contribution in [0.25, 0.3) is 22.3 Å². The molecular formula is C35H29F9N2O4. The SMILES string of the molecule is COc1ncc(-c2c(C)cc(C(=O)O)cc2C)cc1-c1ccc(C(F)(F)F)cc1CC(=N)C(C)C(O)c1cc(C(F)(F)F)cc(C(F)(F)F)c1. The standard InChI is InChI=1S/C35H29F9N2O4/c1-16-7-21(32(48)49)8-17(2)29(16)22-12-27(31(50-4)46-15-22)26-6-5-23(33(36,37)38)9-19(26)13-28(45)18(3)30(47)20-10-24(34(39,40)41)14-25(11-20)35(42,43)44/h5-12,14-15,18,30,45,47H,13H2,1-4H3,(H,48,49). The number of nitrogens with zero attached hydrogens (tertiary/aromatic N) is 1. The smallest absolute Gasteiger partial charge is 0.416 e. The topological polar surface area (TPSA) is 104 Å². The number of ether oxygens (including phenoxy) is 1. The van der Waals surface area contributed by atoms with E-state index in [4.69, 9.17) is 10.1 Å². The summed E-state index contributed by atoms with van der Waals surface area (Å²) in [7, 11) is 1.26. The summed E-state index contributed by atoms with van der Waals surface area (Å²) in [4.78, 5) is 15.8. The summed E-state index contributed by atoms with van der Waals surface area (Å²) in [6.45, 7) is 4.49. The lowest BCUT2D eigenvalue weighted by molar-refractivity contribution is -0.143. The second-order valence-corrected chi connectivity index (χ2v) is 11.7. The molecule has 4 aromatic rings. The molecule has 0 saturated carbocycles. The van der Waals surface area contributed by atoms with Crippen LogP contribution < -0.4 is 4.74 Å². The second-order valence-electron chi connectivity index (χ2n) is 11.7. The number of carboxylic acid groups (broad SMARTS) is 1. The van der Waals surface area contributed by atoms with E-state index in [9.17, 15) is 54.5 Å². The van der Waals surface area contributed by atoms with Crippen LogP contribution in [0, 0.1) is 25.2 Å².